The third kappa shape index (κ3) is 6.42. The standard InChI is InChI=1S/C47H39N3O2P2/c1-53(2)35-26-34(27-36(29-35)54(3,4)51)38-25-24-37(39-14-8-9-15-40(38)39)30-18-20-32(21-19-30)46-48-45(31-12-6-5-7-13-31)49-47(50-46)33-22-23-42-41-16-10-11-17-43(41)52-44(42)28-33/h5-26,28-29,34H,27H2,1-4H3. The first-order valence-electron chi connectivity index (χ1n) is 18.2. The highest BCUT2D eigenvalue weighted by Crippen LogP contribution is 2.56. The first-order valence-corrected chi connectivity index (χ1v) is 23.0. The summed E-state index contributed by atoms with van der Waals surface area (Å²) >= 11 is 0. The lowest BCUT2D eigenvalue weighted by Gasteiger charge is -2.27. The monoisotopic (exact) mass is 739 g/mol. The topological polar surface area (TPSA) is 68.9 Å². The molecule has 6 aromatic carbocycles. The summed E-state index contributed by atoms with van der Waals surface area (Å²) in [6, 6.07) is 46.0. The van der Waals surface area contributed by atoms with E-state index in [1.165, 1.54) is 27.2 Å². The maximum atomic E-state index is 13.3. The summed E-state index contributed by atoms with van der Waals surface area (Å²) in [7, 11) is -2.68. The summed E-state index contributed by atoms with van der Waals surface area (Å²) in [5.41, 5.74) is 7.92. The SMILES string of the molecule is CP(C)C1=CC(c2ccc(-c3ccc(-c4nc(-c5ccccc5)nc(-c5ccc6c(c5)oc5ccccc56)n4)cc3)c3ccccc23)CC(P(C)(C)=O)=C1. The van der Waals surface area contributed by atoms with Gasteiger partial charge in [-0.05, 0) is 95.4 Å². The number of benzene rings is 6. The highest BCUT2D eigenvalue weighted by atomic mass is 31.2. The molecule has 0 N–H and O–H groups in total. The summed E-state index contributed by atoms with van der Waals surface area (Å²) < 4.78 is 19.5. The largest absolute Gasteiger partial charge is 0.456 e. The number of allylic oxidation sites excluding steroid dienone is 4. The second-order valence-electron chi connectivity index (χ2n) is 14.6. The number of para-hydroxylation sites is 1. The molecule has 2 aromatic heterocycles. The van der Waals surface area contributed by atoms with Gasteiger partial charge in [-0.3, -0.25) is 0 Å². The van der Waals surface area contributed by atoms with Crippen LogP contribution in [-0.2, 0) is 4.57 Å². The summed E-state index contributed by atoms with van der Waals surface area (Å²) in [5.74, 6) is 2.00. The Morgan fingerprint density at radius 3 is 1.87 bits per heavy atom. The van der Waals surface area contributed by atoms with Crippen molar-refractivity contribution < 1.29 is 8.98 Å². The molecule has 0 fully saturated rings. The minimum absolute atomic E-state index is 0.184. The molecule has 2 heterocycles. The number of nitrogens with zero attached hydrogens (tertiary/aromatic N) is 3. The lowest BCUT2D eigenvalue weighted by atomic mass is 9.86. The van der Waals surface area contributed by atoms with Gasteiger partial charge in [0, 0.05) is 33.4 Å². The predicted molar refractivity (Wildman–Crippen MR) is 228 cm³/mol. The number of rotatable bonds is 7. The molecule has 1 atom stereocenters. The van der Waals surface area contributed by atoms with E-state index in [4.69, 9.17) is 19.4 Å². The predicted octanol–water partition coefficient (Wildman–Crippen LogP) is 13.2. The maximum absolute atomic E-state index is 13.3. The molecule has 8 aromatic rings. The Morgan fingerprint density at radius 2 is 1.17 bits per heavy atom. The minimum atomic E-state index is -2.37. The van der Waals surface area contributed by atoms with Crippen LogP contribution in [0.5, 0.6) is 0 Å². The second-order valence-corrected chi connectivity index (χ2v) is 20.2. The van der Waals surface area contributed by atoms with Crippen LogP contribution in [0.1, 0.15) is 17.9 Å². The van der Waals surface area contributed by atoms with Gasteiger partial charge < -0.3 is 8.98 Å². The quantitative estimate of drug-likeness (QED) is 0.152. The van der Waals surface area contributed by atoms with Crippen LogP contribution in [0.25, 0.3) is 78.0 Å². The van der Waals surface area contributed by atoms with Gasteiger partial charge in [0.05, 0.1) is 0 Å². The smallest absolute Gasteiger partial charge is 0.164 e. The Labute approximate surface area is 316 Å². The summed E-state index contributed by atoms with van der Waals surface area (Å²) in [4.78, 5) is 15.0. The van der Waals surface area contributed by atoms with E-state index in [1.807, 2.05) is 67.9 Å². The van der Waals surface area contributed by atoms with Crippen molar-refractivity contribution in [3.05, 3.63) is 162 Å². The number of aromatic nitrogens is 3. The first-order chi connectivity index (χ1) is 26.2. The maximum Gasteiger partial charge on any atom is 0.164 e. The zero-order valence-corrected chi connectivity index (χ0v) is 32.5. The van der Waals surface area contributed by atoms with Crippen molar-refractivity contribution >= 4 is 47.8 Å². The van der Waals surface area contributed by atoms with E-state index in [2.05, 4.69) is 104 Å². The van der Waals surface area contributed by atoms with Crippen molar-refractivity contribution in [1.29, 1.82) is 0 Å². The van der Waals surface area contributed by atoms with Crippen molar-refractivity contribution in [3.63, 3.8) is 0 Å². The lowest BCUT2D eigenvalue weighted by Crippen LogP contribution is -2.05. The van der Waals surface area contributed by atoms with Gasteiger partial charge in [-0.2, -0.15) is 0 Å². The van der Waals surface area contributed by atoms with E-state index in [1.54, 1.807) is 0 Å². The molecule has 9 rings (SSSR count). The van der Waals surface area contributed by atoms with Crippen molar-refractivity contribution in [2.45, 2.75) is 12.3 Å². The molecule has 5 nitrogen and oxygen atoms in total. The molecule has 1 aliphatic rings. The van der Waals surface area contributed by atoms with E-state index < -0.39 is 7.14 Å². The average Bonchev–Trinajstić information content (AvgIpc) is 3.58. The molecule has 0 aliphatic heterocycles. The summed E-state index contributed by atoms with van der Waals surface area (Å²) in [6.07, 6.45) is 5.43. The van der Waals surface area contributed by atoms with E-state index in [0.29, 0.717) is 17.5 Å². The second kappa shape index (κ2) is 13.7. The van der Waals surface area contributed by atoms with E-state index in [9.17, 15) is 4.57 Å². The number of hydrogen-bond donors (Lipinski definition) is 0. The molecule has 1 unspecified atom stereocenters. The summed E-state index contributed by atoms with van der Waals surface area (Å²) in [5, 5.41) is 7.01. The van der Waals surface area contributed by atoms with Crippen LogP contribution < -0.4 is 0 Å². The van der Waals surface area contributed by atoms with Crippen LogP contribution in [0.2, 0.25) is 0 Å². The molecular weight excluding hydrogens is 700 g/mol. The third-order valence-electron chi connectivity index (χ3n) is 10.4. The Hall–Kier alpha value is -5.47. The van der Waals surface area contributed by atoms with Gasteiger partial charge in [0.15, 0.2) is 17.5 Å². The molecule has 0 saturated heterocycles. The molecule has 0 amide bonds. The molecule has 264 valence electrons. The zero-order chi connectivity index (χ0) is 37.0. The van der Waals surface area contributed by atoms with Crippen molar-refractivity contribution in [1.82, 2.24) is 15.0 Å². The molecular formula is C47H39N3O2P2. The molecule has 0 bridgehead atoms. The fourth-order valence-corrected chi connectivity index (χ4v) is 9.61. The Morgan fingerprint density at radius 1 is 0.593 bits per heavy atom. The van der Waals surface area contributed by atoms with E-state index in [0.717, 1.165) is 55.9 Å². The lowest BCUT2D eigenvalue weighted by molar-refractivity contribution is 0.584. The van der Waals surface area contributed by atoms with Gasteiger partial charge in [0.1, 0.15) is 18.3 Å². The van der Waals surface area contributed by atoms with Gasteiger partial charge >= 0.3 is 0 Å². The fourth-order valence-electron chi connectivity index (χ4n) is 7.53. The summed E-state index contributed by atoms with van der Waals surface area (Å²) in [6.45, 7) is 8.36. The molecule has 54 heavy (non-hydrogen) atoms. The Balaban J connectivity index is 1.10. The molecule has 1 aliphatic carbocycles. The number of hydrogen-bond acceptors (Lipinski definition) is 5. The normalized spacial score (nSPS) is 14.9. The first kappa shape index (κ1) is 34.3. The molecule has 0 saturated carbocycles. The molecule has 0 radical (unpaired) electrons. The van der Waals surface area contributed by atoms with Crippen LogP contribution in [-0.4, -0.2) is 41.6 Å². The van der Waals surface area contributed by atoms with Crippen LogP contribution in [0.4, 0.5) is 0 Å². The van der Waals surface area contributed by atoms with Crippen LogP contribution in [0.3, 0.4) is 0 Å². The Kier molecular flexibility index (Phi) is 8.73. The number of fused-ring (bicyclic) bond motifs is 4. The highest BCUT2D eigenvalue weighted by molar-refractivity contribution is 7.66. The van der Waals surface area contributed by atoms with Gasteiger partial charge in [0.25, 0.3) is 0 Å². The van der Waals surface area contributed by atoms with Crippen LogP contribution in [0, 0.1) is 0 Å². The molecule has 0 spiro atoms. The van der Waals surface area contributed by atoms with Crippen molar-refractivity contribution in [2.75, 3.05) is 26.7 Å². The van der Waals surface area contributed by atoms with Crippen LogP contribution in [0.15, 0.2) is 161 Å². The van der Waals surface area contributed by atoms with Crippen molar-refractivity contribution in [2.24, 2.45) is 0 Å². The van der Waals surface area contributed by atoms with Gasteiger partial charge in [0.2, 0.25) is 0 Å². The zero-order valence-electron chi connectivity index (χ0n) is 30.7. The fraction of sp³-hybridized carbons (Fsp3) is 0.128. The Bertz CT molecular complexity index is 2830. The average molecular weight is 740 g/mol. The third-order valence-corrected chi connectivity index (χ3v) is 13.4. The van der Waals surface area contributed by atoms with Gasteiger partial charge in [-0.15, -0.1) is 0 Å². The minimum Gasteiger partial charge on any atom is -0.456 e. The molecule has 7 heteroatoms. The highest BCUT2D eigenvalue weighted by Gasteiger charge is 2.26. The van der Waals surface area contributed by atoms with Crippen LogP contribution >= 0.6 is 15.1 Å². The van der Waals surface area contributed by atoms with Gasteiger partial charge in [-0.25, -0.2) is 15.0 Å². The van der Waals surface area contributed by atoms with Gasteiger partial charge in [-0.1, -0.05) is 129 Å². The van der Waals surface area contributed by atoms with E-state index >= 15 is 0 Å². The van der Waals surface area contributed by atoms with E-state index in [-0.39, 0.29) is 13.8 Å². The number of furan rings is 1. The van der Waals surface area contributed by atoms with Crippen molar-refractivity contribution in [3.8, 4) is 45.3 Å².